The number of carbonyl (C=O) groups is 1. The Morgan fingerprint density at radius 2 is 1.89 bits per heavy atom. The van der Waals surface area contributed by atoms with Crippen LogP contribution in [-0.2, 0) is 11.3 Å². The van der Waals surface area contributed by atoms with E-state index in [9.17, 15) is 9.59 Å². The number of carbonyl (C=O) groups excluding carboxylic acids is 1. The van der Waals surface area contributed by atoms with Crippen LogP contribution in [0.25, 0.3) is 0 Å². The van der Waals surface area contributed by atoms with Gasteiger partial charge in [-0.05, 0) is 38.3 Å². The Kier molecular flexibility index (Phi) is 5.02. The number of aromatic nitrogens is 3. The summed E-state index contributed by atoms with van der Waals surface area (Å²) in [4.78, 5) is 36.7. The van der Waals surface area contributed by atoms with E-state index in [1.54, 1.807) is 25.7 Å². The number of fused-ring (bicyclic) bond motifs is 2. The molecule has 7 heteroatoms. The number of rotatable bonds is 4. The summed E-state index contributed by atoms with van der Waals surface area (Å²) in [5.74, 6) is 0.557. The first-order chi connectivity index (χ1) is 13.5. The Bertz CT molecular complexity index is 924. The van der Waals surface area contributed by atoms with Crippen molar-refractivity contribution in [3.8, 4) is 0 Å². The molecule has 7 nitrogen and oxygen atoms in total. The number of amides is 1. The zero-order chi connectivity index (χ0) is 19.8. The predicted molar refractivity (Wildman–Crippen MR) is 104 cm³/mol. The molecule has 1 aliphatic carbocycles. The molecule has 1 amide bonds. The highest BCUT2D eigenvalue weighted by atomic mass is 16.5. The Balaban J connectivity index is 1.60. The molecule has 0 N–H and O–H groups in total. The van der Waals surface area contributed by atoms with Crippen molar-refractivity contribution >= 4 is 5.91 Å². The molecule has 3 atom stereocenters. The molecule has 0 radical (unpaired) electrons. The number of pyridine rings is 1. The maximum absolute atomic E-state index is 13.2. The average Bonchev–Trinajstić information content (AvgIpc) is 2.93. The number of methoxy groups -OCH3 is 1. The third kappa shape index (κ3) is 3.35. The van der Waals surface area contributed by atoms with E-state index in [0.717, 1.165) is 18.5 Å². The monoisotopic (exact) mass is 382 g/mol. The summed E-state index contributed by atoms with van der Waals surface area (Å²) in [5.41, 5.74) is 2.22. The number of piperidine rings is 1. The smallest absolute Gasteiger partial charge is 0.264 e. The van der Waals surface area contributed by atoms with Gasteiger partial charge in [-0.2, -0.15) is 0 Å². The number of hydrogen-bond donors (Lipinski definition) is 0. The molecule has 0 aromatic carbocycles. The van der Waals surface area contributed by atoms with E-state index in [2.05, 4.69) is 9.97 Å². The Morgan fingerprint density at radius 1 is 1.18 bits per heavy atom. The zero-order valence-electron chi connectivity index (χ0n) is 16.6. The molecule has 1 saturated heterocycles. The Hall–Kier alpha value is -2.54. The first-order valence-corrected chi connectivity index (χ1v) is 9.77. The topological polar surface area (TPSA) is 77.3 Å². The highest BCUT2D eigenvalue weighted by Gasteiger charge is 2.44. The fourth-order valence-corrected chi connectivity index (χ4v) is 4.61. The predicted octanol–water partition coefficient (Wildman–Crippen LogP) is 1.80. The van der Waals surface area contributed by atoms with E-state index in [4.69, 9.17) is 4.74 Å². The molecule has 4 rings (SSSR count). The van der Waals surface area contributed by atoms with Crippen molar-refractivity contribution in [2.45, 2.75) is 39.3 Å². The summed E-state index contributed by atoms with van der Waals surface area (Å²) in [7, 11) is 1.75. The van der Waals surface area contributed by atoms with Crippen LogP contribution in [0.3, 0.4) is 0 Å². The van der Waals surface area contributed by atoms with Crippen molar-refractivity contribution in [2.75, 3.05) is 20.2 Å². The minimum absolute atomic E-state index is 0.168. The van der Waals surface area contributed by atoms with Gasteiger partial charge in [0.05, 0.1) is 30.2 Å². The van der Waals surface area contributed by atoms with Gasteiger partial charge >= 0.3 is 0 Å². The molecule has 2 bridgehead atoms. The molecule has 2 fully saturated rings. The summed E-state index contributed by atoms with van der Waals surface area (Å²) in [6.07, 6.45) is 7.45. The van der Waals surface area contributed by atoms with Gasteiger partial charge in [-0.25, -0.2) is 0 Å². The van der Waals surface area contributed by atoms with E-state index in [1.807, 2.05) is 24.8 Å². The first kappa shape index (κ1) is 18.8. The van der Waals surface area contributed by atoms with Crippen LogP contribution in [0.1, 0.15) is 40.2 Å². The largest absolute Gasteiger partial charge is 0.381 e. The molecule has 28 heavy (non-hydrogen) atoms. The van der Waals surface area contributed by atoms with Crippen LogP contribution in [0.2, 0.25) is 0 Å². The second-order valence-electron chi connectivity index (χ2n) is 7.96. The van der Waals surface area contributed by atoms with Crippen molar-refractivity contribution in [1.82, 2.24) is 19.4 Å². The van der Waals surface area contributed by atoms with E-state index in [-0.39, 0.29) is 23.1 Å². The van der Waals surface area contributed by atoms with Crippen LogP contribution in [0.4, 0.5) is 0 Å². The third-order valence-electron chi connectivity index (χ3n) is 6.06. The highest BCUT2D eigenvalue weighted by molar-refractivity contribution is 5.95. The molecular formula is C21H26N4O3. The molecule has 0 spiro atoms. The van der Waals surface area contributed by atoms with Gasteiger partial charge in [-0.15, -0.1) is 0 Å². The lowest BCUT2D eigenvalue weighted by Crippen LogP contribution is -2.49. The van der Waals surface area contributed by atoms with Crippen molar-refractivity contribution in [3.05, 3.63) is 57.5 Å². The van der Waals surface area contributed by atoms with Crippen molar-refractivity contribution in [3.63, 3.8) is 0 Å². The quantitative estimate of drug-likeness (QED) is 0.806. The van der Waals surface area contributed by atoms with Gasteiger partial charge in [0, 0.05) is 44.4 Å². The Labute approximate surface area is 164 Å². The molecule has 3 heterocycles. The molecule has 2 aromatic rings. The SMILES string of the molecule is COC1[C@@H]2CC[C@H]1CN(C(=O)c1c(C)ccn(Cc3cnc(C)cn3)c1=O)C2. The second kappa shape index (κ2) is 7.47. The normalized spacial score (nSPS) is 23.8. The zero-order valence-corrected chi connectivity index (χ0v) is 16.6. The fraction of sp³-hybridized carbons (Fsp3) is 0.524. The number of hydrogen-bond acceptors (Lipinski definition) is 5. The van der Waals surface area contributed by atoms with Gasteiger partial charge < -0.3 is 14.2 Å². The van der Waals surface area contributed by atoms with Crippen molar-refractivity contribution < 1.29 is 9.53 Å². The van der Waals surface area contributed by atoms with Crippen molar-refractivity contribution in [1.29, 1.82) is 0 Å². The minimum Gasteiger partial charge on any atom is -0.381 e. The van der Waals surface area contributed by atoms with Crippen molar-refractivity contribution in [2.24, 2.45) is 11.8 Å². The van der Waals surface area contributed by atoms with Crippen LogP contribution < -0.4 is 5.56 Å². The molecule has 1 aliphatic heterocycles. The standard InChI is InChI=1S/C21H26N4O3/c1-13-6-7-24(12-17-9-22-14(2)8-23-17)20(26)18(13)21(27)25-10-15-4-5-16(11-25)19(15)28-3/h6-9,15-16,19H,4-5,10-12H2,1-3H3/t15-,16+,19?. The summed E-state index contributed by atoms with van der Waals surface area (Å²) in [6.45, 7) is 5.30. The molecule has 1 saturated carbocycles. The summed E-state index contributed by atoms with van der Waals surface area (Å²) in [5, 5.41) is 0. The van der Waals surface area contributed by atoms with Crippen LogP contribution in [-0.4, -0.2) is 51.6 Å². The number of aryl methyl sites for hydroxylation is 2. The fourth-order valence-electron chi connectivity index (χ4n) is 4.61. The molecule has 2 aromatic heterocycles. The number of nitrogens with zero attached hydrogens (tertiary/aromatic N) is 4. The van der Waals surface area contributed by atoms with Gasteiger partial charge in [0.15, 0.2) is 0 Å². The summed E-state index contributed by atoms with van der Waals surface area (Å²) >= 11 is 0. The molecule has 2 aliphatic rings. The minimum atomic E-state index is -0.270. The van der Waals surface area contributed by atoms with Crippen LogP contribution in [0, 0.1) is 25.7 Å². The lowest BCUT2D eigenvalue weighted by molar-refractivity contribution is -0.0114. The van der Waals surface area contributed by atoms with Gasteiger partial charge in [-0.1, -0.05) is 0 Å². The van der Waals surface area contributed by atoms with Crippen LogP contribution in [0.5, 0.6) is 0 Å². The van der Waals surface area contributed by atoms with Gasteiger partial charge in [-0.3, -0.25) is 19.6 Å². The van der Waals surface area contributed by atoms with Gasteiger partial charge in [0.25, 0.3) is 11.5 Å². The second-order valence-corrected chi connectivity index (χ2v) is 7.96. The van der Waals surface area contributed by atoms with E-state index in [1.165, 1.54) is 4.57 Å². The lowest BCUT2D eigenvalue weighted by Gasteiger charge is -2.37. The van der Waals surface area contributed by atoms with Gasteiger partial charge in [0.2, 0.25) is 0 Å². The summed E-state index contributed by atoms with van der Waals surface area (Å²) in [6, 6.07) is 1.83. The maximum Gasteiger partial charge on any atom is 0.264 e. The lowest BCUT2D eigenvalue weighted by atomic mass is 9.94. The number of likely N-dealkylation sites (tertiary alicyclic amines) is 1. The summed E-state index contributed by atoms with van der Waals surface area (Å²) < 4.78 is 7.17. The number of ether oxygens (including phenoxy) is 1. The molecule has 148 valence electrons. The molecular weight excluding hydrogens is 356 g/mol. The third-order valence-corrected chi connectivity index (χ3v) is 6.06. The van der Waals surface area contributed by atoms with Crippen LogP contribution >= 0.6 is 0 Å². The van der Waals surface area contributed by atoms with E-state index >= 15 is 0 Å². The van der Waals surface area contributed by atoms with E-state index in [0.29, 0.717) is 42.7 Å². The maximum atomic E-state index is 13.2. The first-order valence-electron chi connectivity index (χ1n) is 9.77. The average molecular weight is 382 g/mol. The van der Waals surface area contributed by atoms with Gasteiger partial charge in [0.1, 0.15) is 5.56 Å². The highest BCUT2D eigenvalue weighted by Crippen LogP contribution is 2.38. The molecule has 1 unspecified atom stereocenters. The Morgan fingerprint density at radius 3 is 2.50 bits per heavy atom. The van der Waals surface area contributed by atoms with Crippen LogP contribution in [0.15, 0.2) is 29.5 Å². The van der Waals surface area contributed by atoms with E-state index < -0.39 is 0 Å².